The SMILES string of the molecule is COCCN1CCC(Nc2cccc3c(CC(F)F)c(C#CCNc4ccc(S(C)(=O)=O)cc4OC)sc23)CC1. The van der Waals surface area contributed by atoms with E-state index in [0.29, 0.717) is 27.9 Å². The molecule has 1 fully saturated rings. The van der Waals surface area contributed by atoms with E-state index in [1.807, 2.05) is 18.2 Å². The topological polar surface area (TPSA) is 79.9 Å². The summed E-state index contributed by atoms with van der Waals surface area (Å²) in [5, 5.41) is 7.59. The number of hydrogen-bond acceptors (Lipinski definition) is 8. The lowest BCUT2D eigenvalue weighted by Gasteiger charge is -2.32. The lowest BCUT2D eigenvalue weighted by Crippen LogP contribution is -2.40. The Morgan fingerprint density at radius 3 is 2.60 bits per heavy atom. The second-order valence-electron chi connectivity index (χ2n) is 9.73. The molecule has 0 atom stereocenters. The number of halogens is 2. The minimum Gasteiger partial charge on any atom is -0.495 e. The molecule has 2 heterocycles. The van der Waals surface area contributed by atoms with Gasteiger partial charge in [0.2, 0.25) is 6.43 Å². The van der Waals surface area contributed by atoms with Crippen LogP contribution in [0.15, 0.2) is 41.3 Å². The number of nitrogens with zero attached hydrogens (tertiary/aromatic N) is 1. The standard InChI is InChI=1S/C29H35F2N3O4S2/c1-37-17-16-34-14-11-20(12-15-34)33-25-7-4-6-22-23(19-28(30)31)27(39-29(22)25)8-5-13-32-24-10-9-21(40(3,35)36)18-26(24)38-2/h4,6-7,9-10,18,20,28,32-33H,11-17,19H2,1-3H3. The first-order chi connectivity index (χ1) is 19.2. The summed E-state index contributed by atoms with van der Waals surface area (Å²) >= 11 is 1.44. The van der Waals surface area contributed by atoms with Crippen molar-refractivity contribution in [1.82, 2.24) is 4.90 Å². The van der Waals surface area contributed by atoms with E-state index >= 15 is 0 Å². The first-order valence-electron chi connectivity index (χ1n) is 13.1. The van der Waals surface area contributed by atoms with Gasteiger partial charge in [-0.3, -0.25) is 0 Å². The highest BCUT2D eigenvalue weighted by Gasteiger charge is 2.22. The summed E-state index contributed by atoms with van der Waals surface area (Å²) in [6.07, 6.45) is 0.294. The molecule has 0 spiro atoms. The Bertz CT molecular complexity index is 1470. The molecule has 0 bridgehead atoms. The lowest BCUT2D eigenvalue weighted by atomic mass is 10.0. The Kier molecular flexibility index (Phi) is 10.2. The van der Waals surface area contributed by atoms with Gasteiger partial charge in [0.25, 0.3) is 0 Å². The molecule has 0 unspecified atom stereocenters. The lowest BCUT2D eigenvalue weighted by molar-refractivity contribution is 0.132. The number of rotatable bonds is 11. The molecule has 4 rings (SSSR count). The zero-order valence-electron chi connectivity index (χ0n) is 22.9. The molecule has 11 heteroatoms. The highest BCUT2D eigenvalue weighted by Crippen LogP contribution is 2.38. The molecule has 1 aliphatic rings. The van der Waals surface area contributed by atoms with Crippen LogP contribution < -0.4 is 15.4 Å². The van der Waals surface area contributed by atoms with Gasteiger partial charge in [0, 0.05) is 51.5 Å². The minimum absolute atomic E-state index is 0.156. The number of nitrogens with one attached hydrogen (secondary N) is 2. The van der Waals surface area contributed by atoms with Gasteiger partial charge in [-0.1, -0.05) is 24.0 Å². The van der Waals surface area contributed by atoms with Gasteiger partial charge in [-0.05, 0) is 42.0 Å². The van der Waals surface area contributed by atoms with Crippen molar-refractivity contribution in [2.24, 2.45) is 0 Å². The Balaban J connectivity index is 1.51. The predicted molar refractivity (Wildman–Crippen MR) is 158 cm³/mol. The summed E-state index contributed by atoms with van der Waals surface area (Å²) in [7, 11) is -0.193. The maximum atomic E-state index is 13.6. The number of thiophene rings is 1. The number of methoxy groups -OCH3 is 2. The molecule has 0 radical (unpaired) electrons. The Morgan fingerprint density at radius 1 is 1.15 bits per heavy atom. The third-order valence-electron chi connectivity index (χ3n) is 6.91. The van der Waals surface area contributed by atoms with Crippen LogP contribution in [0.1, 0.15) is 23.3 Å². The van der Waals surface area contributed by atoms with Crippen LogP contribution in [-0.2, 0) is 21.0 Å². The number of fused-ring (bicyclic) bond motifs is 1. The van der Waals surface area contributed by atoms with Gasteiger partial charge >= 0.3 is 0 Å². The number of sulfone groups is 1. The number of benzene rings is 2. The van der Waals surface area contributed by atoms with E-state index in [9.17, 15) is 17.2 Å². The van der Waals surface area contributed by atoms with Crippen LogP contribution in [0.5, 0.6) is 5.75 Å². The van der Waals surface area contributed by atoms with Crippen LogP contribution in [-0.4, -0.2) is 79.0 Å². The predicted octanol–water partition coefficient (Wildman–Crippen LogP) is 5.11. The highest BCUT2D eigenvalue weighted by molar-refractivity contribution is 7.90. The van der Waals surface area contributed by atoms with Crippen LogP contribution in [0.25, 0.3) is 10.1 Å². The van der Waals surface area contributed by atoms with Crippen molar-refractivity contribution in [2.45, 2.75) is 36.6 Å². The summed E-state index contributed by atoms with van der Waals surface area (Å²) in [6, 6.07) is 10.7. The van der Waals surface area contributed by atoms with E-state index in [1.54, 1.807) is 13.2 Å². The number of alkyl halides is 2. The second kappa shape index (κ2) is 13.6. The normalized spacial score (nSPS) is 14.8. The molecular formula is C29H35F2N3O4S2. The van der Waals surface area contributed by atoms with Gasteiger partial charge in [-0.25, -0.2) is 17.2 Å². The highest BCUT2D eigenvalue weighted by atomic mass is 32.2. The largest absolute Gasteiger partial charge is 0.495 e. The Labute approximate surface area is 238 Å². The monoisotopic (exact) mass is 591 g/mol. The minimum atomic E-state index is -3.37. The van der Waals surface area contributed by atoms with Gasteiger partial charge in [-0.2, -0.15) is 0 Å². The van der Waals surface area contributed by atoms with E-state index in [1.165, 1.54) is 30.6 Å². The van der Waals surface area contributed by atoms with Crippen molar-refractivity contribution in [3.8, 4) is 17.6 Å². The number of ether oxygens (including phenoxy) is 2. The summed E-state index contributed by atoms with van der Waals surface area (Å²) in [5.41, 5.74) is 2.11. The summed E-state index contributed by atoms with van der Waals surface area (Å²) in [6.45, 7) is 3.86. The van der Waals surface area contributed by atoms with Crippen molar-refractivity contribution < 1.29 is 26.7 Å². The van der Waals surface area contributed by atoms with Gasteiger partial charge in [0.15, 0.2) is 9.84 Å². The fourth-order valence-corrected chi connectivity index (χ4v) is 6.61. The third kappa shape index (κ3) is 7.63. The summed E-state index contributed by atoms with van der Waals surface area (Å²) in [4.78, 5) is 3.18. The fraction of sp³-hybridized carbons (Fsp3) is 0.448. The average Bonchev–Trinajstić information content (AvgIpc) is 3.27. The van der Waals surface area contributed by atoms with Crippen LogP contribution in [0.4, 0.5) is 20.2 Å². The van der Waals surface area contributed by atoms with E-state index in [-0.39, 0.29) is 17.9 Å². The van der Waals surface area contributed by atoms with Crippen molar-refractivity contribution >= 4 is 42.6 Å². The molecule has 216 valence electrons. The molecule has 40 heavy (non-hydrogen) atoms. The molecule has 7 nitrogen and oxygen atoms in total. The van der Waals surface area contributed by atoms with Crippen LogP contribution in [0.3, 0.4) is 0 Å². The van der Waals surface area contributed by atoms with E-state index < -0.39 is 16.3 Å². The summed E-state index contributed by atoms with van der Waals surface area (Å²) < 4.78 is 62.3. The Hall–Kier alpha value is -2.91. The molecule has 0 saturated carbocycles. The van der Waals surface area contributed by atoms with E-state index in [4.69, 9.17) is 9.47 Å². The smallest absolute Gasteiger partial charge is 0.242 e. The van der Waals surface area contributed by atoms with Gasteiger partial charge in [-0.15, -0.1) is 11.3 Å². The van der Waals surface area contributed by atoms with Crippen molar-refractivity contribution in [3.05, 3.63) is 46.8 Å². The molecule has 2 N–H and O–H groups in total. The fourth-order valence-electron chi connectivity index (χ4n) is 4.80. The van der Waals surface area contributed by atoms with Gasteiger partial charge < -0.3 is 25.0 Å². The number of anilines is 2. The maximum absolute atomic E-state index is 13.6. The third-order valence-corrected chi connectivity index (χ3v) is 9.21. The molecule has 0 amide bonds. The molecule has 1 saturated heterocycles. The van der Waals surface area contributed by atoms with Crippen LogP contribution in [0, 0.1) is 11.8 Å². The van der Waals surface area contributed by atoms with Crippen molar-refractivity contribution in [2.75, 3.05) is 63.9 Å². The number of piperidine rings is 1. The quantitative estimate of drug-likeness (QED) is 0.300. The first kappa shape index (κ1) is 30.1. The Morgan fingerprint density at radius 2 is 1.93 bits per heavy atom. The first-order valence-corrected chi connectivity index (χ1v) is 15.8. The molecule has 0 aliphatic carbocycles. The van der Waals surface area contributed by atoms with Crippen molar-refractivity contribution in [1.29, 1.82) is 0 Å². The van der Waals surface area contributed by atoms with Crippen molar-refractivity contribution in [3.63, 3.8) is 0 Å². The van der Waals surface area contributed by atoms with Gasteiger partial charge in [0.05, 0.1) is 46.1 Å². The summed E-state index contributed by atoms with van der Waals surface area (Å²) in [5.74, 6) is 6.52. The molecule has 2 aromatic carbocycles. The molecule has 3 aromatic rings. The zero-order valence-corrected chi connectivity index (χ0v) is 24.6. The van der Waals surface area contributed by atoms with E-state index in [0.717, 1.165) is 61.1 Å². The van der Waals surface area contributed by atoms with Gasteiger partial charge in [0.1, 0.15) is 5.75 Å². The van der Waals surface area contributed by atoms with Crippen LogP contribution >= 0.6 is 11.3 Å². The molecule has 1 aliphatic heterocycles. The molecule has 1 aromatic heterocycles. The number of likely N-dealkylation sites (tertiary alicyclic amines) is 1. The average molecular weight is 592 g/mol. The van der Waals surface area contributed by atoms with Crippen LogP contribution in [0.2, 0.25) is 0 Å². The van der Waals surface area contributed by atoms with E-state index in [2.05, 4.69) is 27.4 Å². The second-order valence-corrected chi connectivity index (χ2v) is 12.8. The number of hydrogen-bond donors (Lipinski definition) is 2. The maximum Gasteiger partial charge on any atom is 0.242 e. The molecular weight excluding hydrogens is 556 g/mol. The zero-order chi connectivity index (χ0) is 28.7.